The molecular formula is C19H23NO4. The van der Waals surface area contributed by atoms with Gasteiger partial charge in [0.2, 0.25) is 5.91 Å². The van der Waals surface area contributed by atoms with E-state index in [9.17, 15) is 4.79 Å². The molecule has 1 heterocycles. The van der Waals surface area contributed by atoms with E-state index in [2.05, 4.69) is 11.9 Å². The van der Waals surface area contributed by atoms with Crippen LogP contribution in [0.1, 0.15) is 23.3 Å². The number of benzene rings is 1. The van der Waals surface area contributed by atoms with E-state index in [1.165, 1.54) is 0 Å². The first-order valence-electron chi connectivity index (χ1n) is 7.81. The van der Waals surface area contributed by atoms with Crippen LogP contribution in [0.2, 0.25) is 0 Å². The van der Waals surface area contributed by atoms with Crippen molar-refractivity contribution in [1.29, 1.82) is 0 Å². The van der Waals surface area contributed by atoms with Crippen LogP contribution >= 0.6 is 0 Å². The molecule has 0 fully saturated rings. The lowest BCUT2D eigenvalue weighted by Crippen LogP contribution is -2.23. The summed E-state index contributed by atoms with van der Waals surface area (Å²) in [5, 5.41) is 2.92. The number of hydrogen-bond donors (Lipinski definition) is 1. The van der Waals surface area contributed by atoms with Crippen molar-refractivity contribution < 1.29 is 18.7 Å². The lowest BCUT2D eigenvalue weighted by atomic mass is 10.1. The third-order valence-electron chi connectivity index (χ3n) is 3.65. The Morgan fingerprint density at radius 2 is 2.17 bits per heavy atom. The third kappa shape index (κ3) is 4.65. The molecule has 5 nitrogen and oxygen atoms in total. The highest BCUT2D eigenvalue weighted by molar-refractivity contribution is 5.76. The van der Waals surface area contributed by atoms with Crippen molar-refractivity contribution in [2.45, 2.75) is 25.8 Å². The van der Waals surface area contributed by atoms with E-state index in [-0.39, 0.29) is 5.91 Å². The van der Waals surface area contributed by atoms with Crippen LogP contribution in [0.5, 0.6) is 11.5 Å². The maximum Gasteiger partial charge on any atom is 0.220 e. The summed E-state index contributed by atoms with van der Waals surface area (Å²) >= 11 is 0. The van der Waals surface area contributed by atoms with Crippen LogP contribution in [0.3, 0.4) is 0 Å². The summed E-state index contributed by atoms with van der Waals surface area (Å²) in [5.41, 5.74) is 1.93. The van der Waals surface area contributed by atoms with Crippen LogP contribution < -0.4 is 14.8 Å². The molecule has 24 heavy (non-hydrogen) atoms. The number of carbonyl (C=O) groups is 1. The van der Waals surface area contributed by atoms with Crippen molar-refractivity contribution in [1.82, 2.24) is 5.32 Å². The van der Waals surface area contributed by atoms with Crippen molar-refractivity contribution in [2.24, 2.45) is 0 Å². The van der Waals surface area contributed by atoms with Gasteiger partial charge in [-0.15, -0.1) is 6.58 Å². The number of rotatable bonds is 9. The second-order valence-corrected chi connectivity index (χ2v) is 5.34. The molecule has 0 radical (unpaired) electrons. The second-order valence-electron chi connectivity index (χ2n) is 5.34. The topological polar surface area (TPSA) is 60.7 Å². The zero-order valence-corrected chi connectivity index (χ0v) is 14.1. The molecule has 1 aromatic carbocycles. The molecule has 1 N–H and O–H groups in total. The summed E-state index contributed by atoms with van der Waals surface area (Å²) < 4.78 is 16.0. The maximum atomic E-state index is 12.0. The summed E-state index contributed by atoms with van der Waals surface area (Å²) in [7, 11) is 3.21. The monoisotopic (exact) mass is 329 g/mol. The predicted octanol–water partition coefficient (Wildman–Crippen LogP) is 3.27. The molecule has 0 bridgehead atoms. The van der Waals surface area contributed by atoms with Gasteiger partial charge in [-0.25, -0.2) is 0 Å². The predicted molar refractivity (Wildman–Crippen MR) is 92.3 cm³/mol. The Morgan fingerprint density at radius 3 is 2.79 bits per heavy atom. The number of carbonyl (C=O) groups excluding carboxylic acids is 1. The molecule has 0 atom stereocenters. The second kappa shape index (κ2) is 8.82. The highest BCUT2D eigenvalue weighted by Gasteiger charge is 2.12. The molecule has 0 aliphatic carbocycles. The number of aryl methyl sites for hydroxylation is 1. The molecule has 128 valence electrons. The molecular weight excluding hydrogens is 306 g/mol. The Balaban J connectivity index is 1.99. The third-order valence-corrected chi connectivity index (χ3v) is 3.65. The van der Waals surface area contributed by atoms with E-state index in [0.717, 1.165) is 16.9 Å². The highest BCUT2D eigenvalue weighted by atomic mass is 16.5. The van der Waals surface area contributed by atoms with Gasteiger partial charge in [-0.3, -0.25) is 4.79 Å². The van der Waals surface area contributed by atoms with Crippen molar-refractivity contribution in [3.63, 3.8) is 0 Å². The van der Waals surface area contributed by atoms with E-state index in [4.69, 9.17) is 13.9 Å². The number of methoxy groups -OCH3 is 2. The minimum absolute atomic E-state index is 0.0218. The van der Waals surface area contributed by atoms with Gasteiger partial charge < -0.3 is 19.2 Å². The fourth-order valence-corrected chi connectivity index (χ4v) is 2.50. The molecule has 0 saturated carbocycles. The minimum Gasteiger partial charge on any atom is -0.493 e. The van der Waals surface area contributed by atoms with Gasteiger partial charge in [0, 0.05) is 24.9 Å². The Labute approximate surface area is 142 Å². The molecule has 5 heteroatoms. The number of allylic oxidation sites excluding steroid dienone is 1. The van der Waals surface area contributed by atoms with Gasteiger partial charge in [0.15, 0.2) is 11.5 Å². The fraction of sp³-hybridized carbons (Fsp3) is 0.316. The average Bonchev–Trinajstić information content (AvgIpc) is 3.11. The first kappa shape index (κ1) is 17.7. The molecule has 0 unspecified atom stereocenters. The zero-order valence-electron chi connectivity index (χ0n) is 14.1. The van der Waals surface area contributed by atoms with E-state index >= 15 is 0 Å². The molecule has 1 aromatic heterocycles. The average molecular weight is 329 g/mol. The van der Waals surface area contributed by atoms with E-state index in [1.807, 2.05) is 30.3 Å². The van der Waals surface area contributed by atoms with Crippen LogP contribution in [0.25, 0.3) is 0 Å². The number of furan rings is 1. The summed E-state index contributed by atoms with van der Waals surface area (Å²) in [6.07, 6.45) is 5.06. The van der Waals surface area contributed by atoms with Gasteiger partial charge in [0.1, 0.15) is 5.76 Å². The first-order chi connectivity index (χ1) is 11.7. The Bertz CT molecular complexity index is 677. The molecule has 0 aliphatic rings. The van der Waals surface area contributed by atoms with E-state index in [1.54, 1.807) is 20.5 Å². The Hall–Kier alpha value is -2.69. The van der Waals surface area contributed by atoms with Crippen molar-refractivity contribution >= 4 is 5.91 Å². The largest absolute Gasteiger partial charge is 0.493 e. The van der Waals surface area contributed by atoms with Gasteiger partial charge in [-0.1, -0.05) is 6.08 Å². The smallest absolute Gasteiger partial charge is 0.220 e. The Kier molecular flexibility index (Phi) is 6.49. The standard InChI is InChI=1S/C19H23NO4/c1-4-6-15-11-14(12-17(22-2)19(15)23-3)13-20-18(21)9-8-16-7-5-10-24-16/h4-5,7,10-12H,1,6,8-9,13H2,2-3H3,(H,20,21). The van der Waals surface area contributed by atoms with Crippen LogP contribution in [-0.4, -0.2) is 20.1 Å². The molecule has 1 amide bonds. The maximum absolute atomic E-state index is 12.0. The zero-order chi connectivity index (χ0) is 17.4. The molecule has 0 aliphatic heterocycles. The lowest BCUT2D eigenvalue weighted by molar-refractivity contribution is -0.121. The molecule has 2 rings (SSSR count). The molecule has 0 saturated heterocycles. The summed E-state index contributed by atoms with van der Waals surface area (Å²) in [5.74, 6) is 2.14. The molecule has 0 spiro atoms. The van der Waals surface area contributed by atoms with Crippen molar-refractivity contribution in [3.05, 3.63) is 60.1 Å². The Morgan fingerprint density at radius 1 is 1.33 bits per heavy atom. The SMILES string of the molecule is C=CCc1cc(CNC(=O)CCc2ccco2)cc(OC)c1OC. The normalized spacial score (nSPS) is 10.2. The highest BCUT2D eigenvalue weighted by Crippen LogP contribution is 2.33. The summed E-state index contributed by atoms with van der Waals surface area (Å²) in [6.45, 7) is 4.20. The summed E-state index contributed by atoms with van der Waals surface area (Å²) in [4.78, 5) is 12.0. The quantitative estimate of drug-likeness (QED) is 0.717. The van der Waals surface area contributed by atoms with Crippen LogP contribution in [-0.2, 0) is 24.2 Å². The van der Waals surface area contributed by atoms with E-state index in [0.29, 0.717) is 37.3 Å². The van der Waals surface area contributed by atoms with Crippen LogP contribution in [0, 0.1) is 0 Å². The van der Waals surface area contributed by atoms with E-state index < -0.39 is 0 Å². The van der Waals surface area contributed by atoms with Gasteiger partial charge in [0.25, 0.3) is 0 Å². The number of amides is 1. The van der Waals surface area contributed by atoms with Gasteiger partial charge in [-0.05, 0) is 36.2 Å². The minimum atomic E-state index is -0.0218. The van der Waals surface area contributed by atoms with Gasteiger partial charge in [-0.2, -0.15) is 0 Å². The van der Waals surface area contributed by atoms with Crippen molar-refractivity contribution in [3.8, 4) is 11.5 Å². The van der Waals surface area contributed by atoms with Gasteiger partial charge in [0.05, 0.1) is 20.5 Å². The van der Waals surface area contributed by atoms with Crippen LogP contribution in [0.4, 0.5) is 0 Å². The summed E-state index contributed by atoms with van der Waals surface area (Å²) in [6, 6.07) is 7.55. The first-order valence-corrected chi connectivity index (χ1v) is 7.81. The van der Waals surface area contributed by atoms with Gasteiger partial charge >= 0.3 is 0 Å². The number of nitrogens with one attached hydrogen (secondary N) is 1. The lowest BCUT2D eigenvalue weighted by Gasteiger charge is -2.14. The number of hydrogen-bond acceptors (Lipinski definition) is 4. The van der Waals surface area contributed by atoms with Crippen molar-refractivity contribution in [2.75, 3.05) is 14.2 Å². The fourth-order valence-electron chi connectivity index (χ4n) is 2.50. The molecule has 2 aromatic rings. The number of ether oxygens (including phenoxy) is 2. The van der Waals surface area contributed by atoms with Crippen LogP contribution in [0.15, 0.2) is 47.6 Å².